The zero-order chi connectivity index (χ0) is 12.1. The molecular weight excluding hydrogens is 226 g/mol. The summed E-state index contributed by atoms with van der Waals surface area (Å²) in [4.78, 5) is 0. The van der Waals surface area contributed by atoms with Gasteiger partial charge in [-0.3, -0.25) is 0 Å². The molecule has 0 spiro atoms. The average Bonchev–Trinajstić information content (AvgIpc) is 2.64. The highest BCUT2D eigenvalue weighted by atomic mass is 32.2. The first-order valence-corrected chi connectivity index (χ1v) is 7.71. The fourth-order valence-electron chi connectivity index (χ4n) is 2.17. The number of hydrogen-bond acceptors (Lipinski definition) is 3. The molecule has 1 aliphatic carbocycles. The number of hydrogen-bond donors (Lipinski definition) is 2. The summed E-state index contributed by atoms with van der Waals surface area (Å²) in [5, 5.41) is 8.59. The summed E-state index contributed by atoms with van der Waals surface area (Å²) in [5.74, 6) is 0.129. The van der Waals surface area contributed by atoms with Crippen molar-refractivity contribution in [3.63, 3.8) is 0 Å². The second-order valence-electron chi connectivity index (χ2n) is 5.09. The number of aliphatic hydroxyl groups is 1. The van der Waals surface area contributed by atoms with E-state index in [-0.39, 0.29) is 17.8 Å². The van der Waals surface area contributed by atoms with Crippen molar-refractivity contribution in [2.45, 2.75) is 45.4 Å². The molecule has 0 amide bonds. The highest BCUT2D eigenvalue weighted by Gasteiger charge is 2.29. The van der Waals surface area contributed by atoms with Crippen LogP contribution in [-0.2, 0) is 10.0 Å². The van der Waals surface area contributed by atoms with Gasteiger partial charge in [0, 0.05) is 13.2 Å². The molecule has 0 atom stereocenters. The van der Waals surface area contributed by atoms with Crippen molar-refractivity contribution in [1.29, 1.82) is 0 Å². The number of aliphatic hydroxyl groups excluding tert-OH is 1. The normalized spacial score (nSPS) is 20.1. The zero-order valence-corrected chi connectivity index (χ0v) is 10.9. The Labute approximate surface area is 98.5 Å². The van der Waals surface area contributed by atoms with E-state index in [9.17, 15) is 8.42 Å². The molecule has 5 heteroatoms. The minimum absolute atomic E-state index is 0.0627. The van der Waals surface area contributed by atoms with Crippen molar-refractivity contribution in [3.05, 3.63) is 0 Å². The molecule has 0 aromatic heterocycles. The molecule has 1 saturated carbocycles. The molecule has 4 nitrogen and oxygen atoms in total. The van der Waals surface area contributed by atoms with E-state index in [1.165, 1.54) is 12.8 Å². The molecule has 0 bridgehead atoms. The Bertz CT molecular complexity index is 294. The third-order valence-corrected chi connectivity index (χ3v) is 4.76. The summed E-state index contributed by atoms with van der Waals surface area (Å²) in [6.45, 7) is 2.78. The van der Waals surface area contributed by atoms with Crippen LogP contribution >= 0.6 is 0 Å². The topological polar surface area (TPSA) is 66.4 Å². The van der Waals surface area contributed by atoms with Gasteiger partial charge in [0.05, 0.1) is 5.75 Å². The average molecular weight is 249 g/mol. The van der Waals surface area contributed by atoms with E-state index >= 15 is 0 Å². The largest absolute Gasteiger partial charge is 0.396 e. The zero-order valence-electron chi connectivity index (χ0n) is 10.0. The van der Waals surface area contributed by atoms with E-state index in [2.05, 4.69) is 11.6 Å². The Kier molecular flexibility index (Phi) is 5.21. The first-order chi connectivity index (χ1) is 7.47. The van der Waals surface area contributed by atoms with Crippen LogP contribution in [0.15, 0.2) is 0 Å². The van der Waals surface area contributed by atoms with Crippen LogP contribution in [0.3, 0.4) is 0 Å². The molecule has 0 unspecified atom stereocenters. The molecular formula is C11H23NO3S. The Morgan fingerprint density at radius 1 is 1.25 bits per heavy atom. The van der Waals surface area contributed by atoms with Crippen molar-refractivity contribution in [1.82, 2.24) is 4.72 Å². The van der Waals surface area contributed by atoms with Crippen LogP contribution in [0.2, 0.25) is 0 Å². The van der Waals surface area contributed by atoms with Gasteiger partial charge in [0.2, 0.25) is 10.0 Å². The summed E-state index contributed by atoms with van der Waals surface area (Å²) < 4.78 is 25.9. The van der Waals surface area contributed by atoms with Crippen LogP contribution in [0.1, 0.15) is 45.4 Å². The minimum Gasteiger partial charge on any atom is -0.396 e. The lowest BCUT2D eigenvalue weighted by atomic mass is 9.89. The summed E-state index contributed by atoms with van der Waals surface area (Å²) in [6, 6.07) is 0. The van der Waals surface area contributed by atoms with Crippen molar-refractivity contribution >= 4 is 10.0 Å². The molecule has 0 saturated heterocycles. The van der Waals surface area contributed by atoms with Crippen molar-refractivity contribution in [3.8, 4) is 0 Å². The number of unbranched alkanes of at least 4 members (excludes halogenated alkanes) is 1. The van der Waals surface area contributed by atoms with E-state index in [1.54, 1.807) is 0 Å². The first kappa shape index (κ1) is 13.9. The second-order valence-corrected chi connectivity index (χ2v) is 7.01. The third kappa shape index (κ3) is 4.80. The van der Waals surface area contributed by atoms with Crippen LogP contribution in [0.25, 0.3) is 0 Å². The van der Waals surface area contributed by atoms with Crippen LogP contribution in [0, 0.1) is 5.41 Å². The Balaban J connectivity index is 2.30. The lowest BCUT2D eigenvalue weighted by molar-refractivity contribution is 0.287. The van der Waals surface area contributed by atoms with Crippen molar-refractivity contribution in [2.24, 2.45) is 5.41 Å². The van der Waals surface area contributed by atoms with Crippen LogP contribution in [0.4, 0.5) is 0 Å². The lowest BCUT2D eigenvalue weighted by Crippen LogP contribution is -2.35. The monoisotopic (exact) mass is 249 g/mol. The van der Waals surface area contributed by atoms with E-state index < -0.39 is 10.0 Å². The molecule has 1 aliphatic rings. The van der Waals surface area contributed by atoms with Gasteiger partial charge in [0.1, 0.15) is 0 Å². The molecule has 0 aliphatic heterocycles. The van der Waals surface area contributed by atoms with Gasteiger partial charge in [-0.05, 0) is 31.1 Å². The standard InChI is InChI=1S/C11H23NO3S/c1-11(6-2-3-7-11)10-12-16(14,15)9-5-4-8-13/h12-13H,2-10H2,1H3. The minimum atomic E-state index is -3.14. The van der Waals surface area contributed by atoms with E-state index in [0.29, 0.717) is 19.4 Å². The maximum Gasteiger partial charge on any atom is 0.211 e. The summed E-state index contributed by atoms with van der Waals surface area (Å²) in [6.07, 6.45) is 5.74. The smallest absolute Gasteiger partial charge is 0.211 e. The predicted octanol–water partition coefficient (Wildman–Crippen LogP) is 1.26. The Morgan fingerprint density at radius 2 is 1.88 bits per heavy atom. The van der Waals surface area contributed by atoms with Crippen LogP contribution in [0.5, 0.6) is 0 Å². The maximum absolute atomic E-state index is 11.6. The van der Waals surface area contributed by atoms with Crippen LogP contribution < -0.4 is 4.72 Å². The Morgan fingerprint density at radius 3 is 2.44 bits per heavy atom. The maximum atomic E-state index is 11.6. The van der Waals surface area contributed by atoms with E-state index in [1.807, 2.05) is 0 Å². The van der Waals surface area contributed by atoms with Gasteiger partial charge < -0.3 is 5.11 Å². The molecule has 0 heterocycles. The molecule has 0 radical (unpaired) electrons. The van der Waals surface area contributed by atoms with Gasteiger partial charge in [0.15, 0.2) is 0 Å². The summed E-state index contributed by atoms with van der Waals surface area (Å²) in [5.41, 5.74) is 0.157. The number of sulfonamides is 1. The second kappa shape index (κ2) is 5.98. The van der Waals surface area contributed by atoms with E-state index in [0.717, 1.165) is 12.8 Å². The summed E-state index contributed by atoms with van der Waals surface area (Å²) in [7, 11) is -3.14. The lowest BCUT2D eigenvalue weighted by Gasteiger charge is -2.23. The predicted molar refractivity (Wildman–Crippen MR) is 64.7 cm³/mol. The third-order valence-electron chi connectivity index (χ3n) is 3.35. The van der Waals surface area contributed by atoms with E-state index in [4.69, 9.17) is 5.11 Å². The van der Waals surface area contributed by atoms with Crippen LogP contribution in [-0.4, -0.2) is 32.4 Å². The SMILES string of the molecule is CC1(CNS(=O)(=O)CCCCO)CCCC1. The van der Waals surface area contributed by atoms with Crippen molar-refractivity contribution < 1.29 is 13.5 Å². The quantitative estimate of drug-likeness (QED) is 0.668. The van der Waals surface area contributed by atoms with Gasteiger partial charge >= 0.3 is 0 Å². The first-order valence-electron chi connectivity index (χ1n) is 6.06. The molecule has 16 heavy (non-hydrogen) atoms. The molecule has 2 N–H and O–H groups in total. The molecule has 1 fully saturated rings. The van der Waals surface area contributed by atoms with Gasteiger partial charge in [-0.2, -0.15) is 0 Å². The Hall–Kier alpha value is -0.130. The van der Waals surface area contributed by atoms with Crippen molar-refractivity contribution in [2.75, 3.05) is 18.9 Å². The molecule has 0 aromatic carbocycles. The highest BCUT2D eigenvalue weighted by molar-refractivity contribution is 7.89. The van der Waals surface area contributed by atoms with Gasteiger partial charge in [-0.15, -0.1) is 0 Å². The molecule has 0 aromatic rings. The molecule has 1 rings (SSSR count). The number of nitrogens with one attached hydrogen (secondary N) is 1. The van der Waals surface area contributed by atoms with Gasteiger partial charge in [-0.25, -0.2) is 13.1 Å². The fraction of sp³-hybridized carbons (Fsp3) is 1.00. The molecule has 96 valence electrons. The highest BCUT2D eigenvalue weighted by Crippen LogP contribution is 2.36. The number of rotatable bonds is 7. The van der Waals surface area contributed by atoms with Gasteiger partial charge in [0.25, 0.3) is 0 Å². The summed E-state index contributed by atoms with van der Waals surface area (Å²) >= 11 is 0. The van der Waals surface area contributed by atoms with Gasteiger partial charge in [-0.1, -0.05) is 19.8 Å². The fourth-order valence-corrected chi connectivity index (χ4v) is 3.46.